The lowest BCUT2D eigenvalue weighted by molar-refractivity contribution is -0.384. The fourth-order valence-electron chi connectivity index (χ4n) is 1.68. The van der Waals surface area contributed by atoms with E-state index in [2.05, 4.69) is 4.36 Å². The molecule has 1 saturated heterocycles. The third-order valence-corrected chi connectivity index (χ3v) is 4.91. The molecule has 2 rings (SSSR count). The van der Waals surface area contributed by atoms with Gasteiger partial charge in [0.25, 0.3) is 5.69 Å². The largest absolute Gasteiger partial charge is 0.269 e. The number of nitro benzene ring substituents is 1. The molecule has 0 aromatic heterocycles. The lowest BCUT2D eigenvalue weighted by Gasteiger charge is -1.99. The second kappa shape index (κ2) is 4.21. The van der Waals surface area contributed by atoms with Gasteiger partial charge < -0.3 is 0 Å². The lowest BCUT2D eigenvalue weighted by Crippen LogP contribution is -1.99. The quantitative estimate of drug-likeness (QED) is 0.588. The van der Waals surface area contributed by atoms with Crippen LogP contribution in [0.3, 0.4) is 0 Å². The SMILES string of the molecule is O=[N+]([O-])c1ccc(N=S2(=O)CCCC2)cc1. The van der Waals surface area contributed by atoms with Gasteiger partial charge >= 0.3 is 0 Å². The van der Waals surface area contributed by atoms with Crippen molar-refractivity contribution in [2.45, 2.75) is 12.8 Å². The van der Waals surface area contributed by atoms with Crippen LogP contribution in [-0.2, 0) is 9.73 Å². The Balaban J connectivity index is 2.29. The Morgan fingerprint density at radius 3 is 2.25 bits per heavy atom. The molecule has 0 atom stereocenters. The van der Waals surface area contributed by atoms with Crippen molar-refractivity contribution in [2.24, 2.45) is 4.36 Å². The maximum Gasteiger partial charge on any atom is 0.269 e. The number of nitrogens with zero attached hydrogens (tertiary/aromatic N) is 2. The highest BCUT2D eigenvalue weighted by molar-refractivity contribution is 7.93. The summed E-state index contributed by atoms with van der Waals surface area (Å²) in [7, 11) is -2.08. The number of non-ortho nitro benzene ring substituents is 1. The Labute approximate surface area is 93.8 Å². The smallest absolute Gasteiger partial charge is 0.258 e. The minimum Gasteiger partial charge on any atom is -0.258 e. The van der Waals surface area contributed by atoms with Crippen molar-refractivity contribution in [3.8, 4) is 0 Å². The molecule has 0 amide bonds. The minimum atomic E-state index is -2.08. The van der Waals surface area contributed by atoms with E-state index in [9.17, 15) is 14.3 Å². The van der Waals surface area contributed by atoms with Gasteiger partial charge in [0, 0.05) is 23.6 Å². The molecular weight excluding hydrogens is 228 g/mol. The summed E-state index contributed by atoms with van der Waals surface area (Å²) in [6.45, 7) is 0. The summed E-state index contributed by atoms with van der Waals surface area (Å²) in [5.41, 5.74) is 0.595. The normalized spacial score (nSPS) is 18.2. The molecule has 0 N–H and O–H groups in total. The molecular formula is C10H12N2O3S. The van der Waals surface area contributed by atoms with Crippen LogP contribution in [-0.4, -0.2) is 20.6 Å². The van der Waals surface area contributed by atoms with Crippen LogP contribution in [0.2, 0.25) is 0 Å². The highest BCUT2D eigenvalue weighted by Crippen LogP contribution is 2.23. The van der Waals surface area contributed by atoms with E-state index >= 15 is 0 Å². The zero-order chi connectivity index (χ0) is 11.6. The molecule has 0 unspecified atom stereocenters. The molecule has 0 bridgehead atoms. The van der Waals surface area contributed by atoms with Crippen LogP contribution in [0.4, 0.5) is 11.4 Å². The van der Waals surface area contributed by atoms with Gasteiger partial charge in [-0.3, -0.25) is 10.1 Å². The van der Waals surface area contributed by atoms with E-state index in [-0.39, 0.29) is 5.69 Å². The zero-order valence-electron chi connectivity index (χ0n) is 8.67. The number of nitro groups is 1. The number of hydrogen-bond acceptors (Lipinski definition) is 4. The van der Waals surface area contributed by atoms with E-state index in [0.29, 0.717) is 17.2 Å². The summed E-state index contributed by atoms with van der Waals surface area (Å²) in [4.78, 5) is 9.98. The third-order valence-electron chi connectivity index (χ3n) is 2.51. The van der Waals surface area contributed by atoms with Crippen LogP contribution < -0.4 is 0 Å². The molecule has 1 aliphatic heterocycles. The van der Waals surface area contributed by atoms with Gasteiger partial charge in [-0.1, -0.05) is 0 Å². The van der Waals surface area contributed by atoms with E-state index in [1.807, 2.05) is 0 Å². The molecule has 6 heteroatoms. The Hall–Kier alpha value is -1.43. The highest BCUT2D eigenvalue weighted by Gasteiger charge is 2.16. The first-order valence-corrected chi connectivity index (χ1v) is 6.91. The van der Waals surface area contributed by atoms with Crippen LogP contribution in [0.5, 0.6) is 0 Å². The minimum absolute atomic E-state index is 0.0281. The molecule has 5 nitrogen and oxygen atoms in total. The van der Waals surface area contributed by atoms with Gasteiger partial charge in [0.05, 0.1) is 20.3 Å². The Morgan fingerprint density at radius 2 is 1.75 bits per heavy atom. The van der Waals surface area contributed by atoms with Crippen LogP contribution in [0.15, 0.2) is 28.6 Å². The number of rotatable bonds is 2. The second-order valence-electron chi connectivity index (χ2n) is 3.75. The van der Waals surface area contributed by atoms with Crippen molar-refractivity contribution in [2.75, 3.05) is 11.5 Å². The van der Waals surface area contributed by atoms with Gasteiger partial charge in [-0.15, -0.1) is 0 Å². The van der Waals surface area contributed by atoms with Crippen LogP contribution in [0.25, 0.3) is 0 Å². The first kappa shape index (κ1) is 11.1. The highest BCUT2D eigenvalue weighted by atomic mass is 32.2. The van der Waals surface area contributed by atoms with Gasteiger partial charge in [-0.2, -0.15) is 4.36 Å². The fraction of sp³-hybridized carbons (Fsp3) is 0.400. The molecule has 1 aliphatic rings. The first-order chi connectivity index (χ1) is 7.59. The van der Waals surface area contributed by atoms with E-state index in [0.717, 1.165) is 12.8 Å². The summed E-state index contributed by atoms with van der Waals surface area (Å²) in [5, 5.41) is 10.4. The lowest BCUT2D eigenvalue weighted by atomic mass is 10.3. The van der Waals surface area contributed by atoms with Crippen molar-refractivity contribution < 1.29 is 9.13 Å². The molecule has 0 saturated carbocycles. The fourth-order valence-corrected chi connectivity index (χ4v) is 3.88. The summed E-state index contributed by atoms with van der Waals surface area (Å²) < 4.78 is 16.3. The molecule has 16 heavy (non-hydrogen) atoms. The van der Waals surface area contributed by atoms with Crippen molar-refractivity contribution in [1.29, 1.82) is 0 Å². The van der Waals surface area contributed by atoms with Crippen LogP contribution in [0.1, 0.15) is 12.8 Å². The summed E-state index contributed by atoms with van der Waals surface area (Å²) in [6.07, 6.45) is 1.91. The molecule has 0 radical (unpaired) electrons. The van der Waals surface area contributed by atoms with Gasteiger partial charge in [0.15, 0.2) is 0 Å². The van der Waals surface area contributed by atoms with Gasteiger partial charge in [-0.05, 0) is 25.0 Å². The van der Waals surface area contributed by atoms with Crippen molar-refractivity contribution >= 4 is 21.1 Å². The maximum absolute atomic E-state index is 12.1. The standard InChI is InChI=1S/C10H12N2O3S/c13-12(14)10-5-3-9(4-6-10)11-16(15)7-1-2-8-16/h3-6H,1-2,7-8H2. The van der Waals surface area contributed by atoms with Crippen molar-refractivity contribution in [1.82, 2.24) is 0 Å². The van der Waals surface area contributed by atoms with Crippen molar-refractivity contribution in [3.63, 3.8) is 0 Å². The Morgan fingerprint density at radius 1 is 1.19 bits per heavy atom. The maximum atomic E-state index is 12.1. The monoisotopic (exact) mass is 240 g/mol. The van der Waals surface area contributed by atoms with E-state index in [4.69, 9.17) is 0 Å². The number of hydrogen-bond donors (Lipinski definition) is 0. The molecule has 1 aromatic carbocycles. The molecule has 1 fully saturated rings. The van der Waals surface area contributed by atoms with E-state index in [1.165, 1.54) is 12.1 Å². The second-order valence-corrected chi connectivity index (χ2v) is 6.30. The average molecular weight is 240 g/mol. The van der Waals surface area contributed by atoms with Gasteiger partial charge in [0.1, 0.15) is 0 Å². The first-order valence-electron chi connectivity index (χ1n) is 5.06. The summed E-state index contributed by atoms with van der Waals surface area (Å²) in [6, 6.07) is 5.86. The number of benzene rings is 1. The molecule has 1 heterocycles. The van der Waals surface area contributed by atoms with Crippen molar-refractivity contribution in [3.05, 3.63) is 34.4 Å². The van der Waals surface area contributed by atoms with Gasteiger partial charge in [0.2, 0.25) is 0 Å². The topological polar surface area (TPSA) is 72.6 Å². The molecule has 1 aromatic rings. The Bertz CT molecular complexity index is 503. The molecule has 0 spiro atoms. The average Bonchev–Trinajstić information content (AvgIpc) is 2.65. The Kier molecular flexibility index (Phi) is 2.91. The molecule has 0 aliphatic carbocycles. The molecule has 86 valence electrons. The van der Waals surface area contributed by atoms with E-state index in [1.54, 1.807) is 12.1 Å². The van der Waals surface area contributed by atoms with Crippen LogP contribution in [0, 0.1) is 10.1 Å². The predicted molar refractivity (Wildman–Crippen MR) is 62.3 cm³/mol. The summed E-state index contributed by atoms with van der Waals surface area (Å²) in [5.74, 6) is 1.29. The predicted octanol–water partition coefficient (Wildman–Crippen LogP) is 2.49. The summed E-state index contributed by atoms with van der Waals surface area (Å²) >= 11 is 0. The van der Waals surface area contributed by atoms with E-state index < -0.39 is 14.7 Å². The third kappa shape index (κ3) is 2.38. The van der Waals surface area contributed by atoms with Crippen LogP contribution >= 0.6 is 0 Å². The zero-order valence-corrected chi connectivity index (χ0v) is 9.48. The van der Waals surface area contributed by atoms with Gasteiger partial charge in [-0.25, -0.2) is 4.21 Å².